The second kappa shape index (κ2) is 6.90. The average Bonchev–Trinajstić information content (AvgIpc) is 1.65. The van der Waals surface area contributed by atoms with Crippen LogP contribution in [0.2, 0.25) is 0 Å². The molecule has 52 valence electrons. The van der Waals surface area contributed by atoms with Crippen LogP contribution in [0.25, 0.3) is 0 Å². The number of primary amides is 1. The first-order valence-corrected chi connectivity index (χ1v) is 2.38. The Bertz CT molecular complexity index is 124. The van der Waals surface area contributed by atoms with Crippen LogP contribution in [-0.4, -0.2) is 11.0 Å². The lowest BCUT2D eigenvalue weighted by Crippen LogP contribution is -2.18. The van der Waals surface area contributed by atoms with Crippen molar-refractivity contribution in [2.24, 2.45) is 17.2 Å². The topological polar surface area (TPSA) is 95.1 Å². The summed E-state index contributed by atoms with van der Waals surface area (Å²) in [4.78, 5) is 9.47. The van der Waals surface area contributed by atoms with Gasteiger partial charge in [0.05, 0.1) is 0 Å². The van der Waals surface area contributed by atoms with E-state index in [2.05, 4.69) is 36.0 Å². The molecule has 0 saturated heterocycles. The Kier molecular flexibility index (Phi) is 8.28. The van der Waals surface area contributed by atoms with Gasteiger partial charge in [-0.25, -0.2) is 0 Å². The van der Waals surface area contributed by atoms with E-state index in [-0.39, 0.29) is 6.54 Å². The molecule has 0 fully saturated rings. The summed E-state index contributed by atoms with van der Waals surface area (Å²) >= 11 is 4.09. The van der Waals surface area contributed by atoms with Crippen molar-refractivity contribution in [1.29, 1.82) is 0 Å². The number of carbonyl (C=O) groups is 1. The number of hydrogen-bond acceptors (Lipinski definition) is 2. The quantitative estimate of drug-likeness (QED) is 0.327. The molecule has 0 aromatic heterocycles. The molecular formula is C4H10N3OS+. The molecule has 0 heterocycles. The Morgan fingerprint density at radius 2 is 1.67 bits per heavy atom. The SMILES string of the molecule is C=CC(N)=O.NC(N)=S.[H+]. The Hall–Kier alpha value is -1.10. The van der Waals surface area contributed by atoms with Crippen LogP contribution in [0.3, 0.4) is 0 Å². The van der Waals surface area contributed by atoms with Crippen LogP contribution in [0, 0.1) is 0 Å². The van der Waals surface area contributed by atoms with E-state index in [1.807, 2.05) is 0 Å². The van der Waals surface area contributed by atoms with Gasteiger partial charge >= 0.3 is 1.43 Å². The number of hydrogen-bond donors (Lipinski definition) is 3. The fourth-order valence-electron chi connectivity index (χ4n) is 0. The Labute approximate surface area is 60.2 Å². The molecule has 0 aromatic rings. The first kappa shape index (κ1) is 10.8. The molecule has 0 aliphatic rings. The Morgan fingerprint density at radius 3 is 1.67 bits per heavy atom. The first-order valence-electron chi connectivity index (χ1n) is 1.97. The highest BCUT2D eigenvalue weighted by Gasteiger charge is 1.69. The summed E-state index contributed by atoms with van der Waals surface area (Å²) in [6.07, 6.45) is 1.06. The standard InChI is InChI=1S/C3H5NO.CH4N2S/c1-2-3(4)5;2-1(3)4/h2H,1H2,(H2,4,5);(H4,2,3,4)/p+1. The average molecular weight is 148 g/mol. The summed E-state index contributed by atoms with van der Waals surface area (Å²) in [5.41, 5.74) is 13.8. The van der Waals surface area contributed by atoms with Gasteiger partial charge in [-0.05, 0) is 18.3 Å². The van der Waals surface area contributed by atoms with E-state index in [1.165, 1.54) is 0 Å². The zero-order chi connectivity index (χ0) is 7.86. The molecular weight excluding hydrogens is 138 g/mol. The van der Waals surface area contributed by atoms with E-state index in [0.29, 0.717) is 0 Å². The minimum Gasteiger partial charge on any atom is -0.377 e. The molecule has 5 heteroatoms. The maximum absolute atomic E-state index is 9.47. The molecule has 0 aliphatic carbocycles. The Morgan fingerprint density at radius 1 is 1.56 bits per heavy atom. The summed E-state index contributed by atoms with van der Waals surface area (Å²) < 4.78 is 0. The van der Waals surface area contributed by atoms with Crippen molar-refractivity contribution in [3.8, 4) is 0 Å². The summed E-state index contributed by atoms with van der Waals surface area (Å²) in [5.74, 6) is -0.481. The van der Waals surface area contributed by atoms with E-state index in [9.17, 15) is 4.79 Å². The van der Waals surface area contributed by atoms with E-state index in [0.717, 1.165) is 6.08 Å². The number of rotatable bonds is 1. The van der Waals surface area contributed by atoms with E-state index in [1.54, 1.807) is 0 Å². The monoisotopic (exact) mass is 148 g/mol. The molecule has 0 spiro atoms. The lowest BCUT2D eigenvalue weighted by atomic mass is 10.6. The second-order valence-corrected chi connectivity index (χ2v) is 1.48. The molecule has 6 N–H and O–H groups in total. The highest BCUT2D eigenvalue weighted by Crippen LogP contribution is 1.48. The predicted molar refractivity (Wildman–Crippen MR) is 41.5 cm³/mol. The van der Waals surface area contributed by atoms with Crippen molar-refractivity contribution in [3.63, 3.8) is 0 Å². The van der Waals surface area contributed by atoms with Crippen LogP contribution in [0.1, 0.15) is 1.43 Å². The highest BCUT2D eigenvalue weighted by atomic mass is 32.1. The van der Waals surface area contributed by atoms with E-state index < -0.39 is 5.91 Å². The largest absolute Gasteiger partial charge is 1.00 e. The van der Waals surface area contributed by atoms with Crippen molar-refractivity contribution in [1.82, 2.24) is 0 Å². The van der Waals surface area contributed by atoms with E-state index >= 15 is 0 Å². The summed E-state index contributed by atoms with van der Waals surface area (Å²) in [6, 6.07) is 0. The van der Waals surface area contributed by atoms with Gasteiger partial charge in [0.15, 0.2) is 5.11 Å². The minimum atomic E-state index is -0.481. The third-order valence-corrected chi connectivity index (χ3v) is 0.201. The molecule has 0 atom stereocenters. The molecule has 0 aliphatic heterocycles. The van der Waals surface area contributed by atoms with Crippen LogP contribution in [-0.2, 0) is 4.79 Å². The number of nitrogens with two attached hydrogens (primary N) is 3. The minimum absolute atomic E-state index is 0. The number of thiocarbonyl (C=S) groups is 1. The fourth-order valence-corrected chi connectivity index (χ4v) is 0. The van der Waals surface area contributed by atoms with Gasteiger partial charge in [-0.15, -0.1) is 0 Å². The van der Waals surface area contributed by atoms with Gasteiger partial charge in [0.25, 0.3) is 0 Å². The smallest absolute Gasteiger partial charge is 0.377 e. The molecule has 0 saturated carbocycles. The van der Waals surface area contributed by atoms with Gasteiger partial charge < -0.3 is 17.2 Å². The second-order valence-electron chi connectivity index (χ2n) is 1.01. The summed E-state index contributed by atoms with van der Waals surface area (Å²) in [6.45, 7) is 3.09. The molecule has 0 radical (unpaired) electrons. The fraction of sp³-hybridized carbons (Fsp3) is 0. The van der Waals surface area contributed by atoms with Crippen LogP contribution in [0.4, 0.5) is 0 Å². The van der Waals surface area contributed by atoms with E-state index in [4.69, 9.17) is 0 Å². The Balaban J connectivity index is -0.0000000910. The van der Waals surface area contributed by atoms with Crippen molar-refractivity contribution in [3.05, 3.63) is 12.7 Å². The van der Waals surface area contributed by atoms with Gasteiger partial charge in [0.2, 0.25) is 5.91 Å². The number of amides is 1. The summed E-state index contributed by atoms with van der Waals surface area (Å²) in [7, 11) is 0. The van der Waals surface area contributed by atoms with Gasteiger partial charge in [0, 0.05) is 0 Å². The van der Waals surface area contributed by atoms with Gasteiger partial charge in [0.1, 0.15) is 0 Å². The molecule has 1 amide bonds. The van der Waals surface area contributed by atoms with Crippen LogP contribution < -0.4 is 17.2 Å². The predicted octanol–water partition coefficient (Wildman–Crippen LogP) is -1.04. The zero-order valence-electron chi connectivity index (χ0n) is 5.83. The normalized spacial score (nSPS) is 6.22. The maximum Gasteiger partial charge on any atom is 1.00 e. The van der Waals surface area contributed by atoms with Crippen molar-refractivity contribution >= 4 is 23.2 Å². The molecule has 0 unspecified atom stereocenters. The zero-order valence-corrected chi connectivity index (χ0v) is 5.65. The third kappa shape index (κ3) is 205. The van der Waals surface area contributed by atoms with Crippen molar-refractivity contribution in [2.75, 3.05) is 0 Å². The third-order valence-electron chi connectivity index (χ3n) is 0.201. The molecule has 0 aromatic carbocycles. The highest BCUT2D eigenvalue weighted by molar-refractivity contribution is 7.80. The van der Waals surface area contributed by atoms with Crippen LogP contribution >= 0.6 is 12.2 Å². The first-order chi connectivity index (χ1) is 4.00. The van der Waals surface area contributed by atoms with Gasteiger partial charge in [-0.3, -0.25) is 4.79 Å². The lowest BCUT2D eigenvalue weighted by molar-refractivity contribution is -0.113. The maximum atomic E-state index is 9.47. The molecule has 0 rings (SSSR count). The van der Waals surface area contributed by atoms with Crippen LogP contribution in [0.5, 0.6) is 0 Å². The number of carbonyl (C=O) groups excluding carboxylic acids is 1. The van der Waals surface area contributed by atoms with Gasteiger partial charge in [-0.1, -0.05) is 6.58 Å². The molecule has 0 bridgehead atoms. The van der Waals surface area contributed by atoms with Crippen molar-refractivity contribution in [2.45, 2.75) is 0 Å². The van der Waals surface area contributed by atoms with Crippen LogP contribution in [0.15, 0.2) is 12.7 Å². The lowest BCUT2D eigenvalue weighted by Gasteiger charge is -1.68. The molecule has 4 nitrogen and oxygen atoms in total. The van der Waals surface area contributed by atoms with Gasteiger partial charge in [-0.2, -0.15) is 0 Å². The van der Waals surface area contributed by atoms with Crippen molar-refractivity contribution < 1.29 is 6.22 Å². The summed E-state index contributed by atoms with van der Waals surface area (Å²) in [5, 5.41) is 0.000000000000000222. The molecule has 9 heavy (non-hydrogen) atoms.